The molecule has 1 fully saturated rings. The standard InChI is InChI=1S/C20H27N5O6S2/c1-3-5-16(2)22-32(28,29)19-8-9-20(21-15-19)23-10-12-24(13-11-23)33(30,31)18-7-4-6-17(14-18)25(26)27/h4,6-9,14-16,22H,3,5,10-13H2,1-2H3. The van der Waals surface area contributed by atoms with Crippen LogP contribution in [-0.4, -0.2) is 63.3 Å². The second kappa shape index (κ2) is 10.1. The molecule has 1 unspecified atom stereocenters. The first-order valence-corrected chi connectivity index (χ1v) is 13.4. The molecule has 1 aliphatic heterocycles. The smallest absolute Gasteiger partial charge is 0.270 e. The van der Waals surface area contributed by atoms with E-state index in [4.69, 9.17) is 0 Å². The Bertz CT molecular complexity index is 1190. The lowest BCUT2D eigenvalue weighted by molar-refractivity contribution is -0.385. The molecule has 0 amide bonds. The van der Waals surface area contributed by atoms with Crippen LogP contribution >= 0.6 is 0 Å². The number of anilines is 1. The van der Waals surface area contributed by atoms with E-state index in [9.17, 15) is 26.9 Å². The zero-order valence-corrected chi connectivity index (χ0v) is 20.0. The molecule has 1 atom stereocenters. The summed E-state index contributed by atoms with van der Waals surface area (Å²) in [6.45, 7) is 4.82. The highest BCUT2D eigenvalue weighted by Crippen LogP contribution is 2.23. The molecule has 33 heavy (non-hydrogen) atoms. The fraction of sp³-hybridized carbons (Fsp3) is 0.450. The van der Waals surface area contributed by atoms with E-state index >= 15 is 0 Å². The summed E-state index contributed by atoms with van der Waals surface area (Å²) in [6.07, 6.45) is 2.89. The average Bonchev–Trinajstić information content (AvgIpc) is 2.79. The van der Waals surface area contributed by atoms with E-state index in [-0.39, 0.29) is 34.6 Å². The van der Waals surface area contributed by atoms with Crippen LogP contribution in [0.5, 0.6) is 0 Å². The van der Waals surface area contributed by atoms with Crippen LogP contribution in [-0.2, 0) is 20.0 Å². The number of nitrogens with zero attached hydrogens (tertiary/aromatic N) is 4. The molecule has 1 aromatic carbocycles. The molecule has 0 saturated carbocycles. The molecule has 1 aromatic heterocycles. The molecule has 2 aromatic rings. The van der Waals surface area contributed by atoms with Crippen molar-refractivity contribution in [1.82, 2.24) is 14.0 Å². The third-order valence-corrected chi connectivity index (χ3v) is 8.81. The van der Waals surface area contributed by atoms with Gasteiger partial charge >= 0.3 is 0 Å². The minimum atomic E-state index is -3.87. The van der Waals surface area contributed by atoms with E-state index in [2.05, 4.69) is 9.71 Å². The van der Waals surface area contributed by atoms with Gasteiger partial charge in [-0.25, -0.2) is 26.5 Å². The van der Waals surface area contributed by atoms with Gasteiger partial charge in [0.15, 0.2) is 0 Å². The molecule has 1 saturated heterocycles. The van der Waals surface area contributed by atoms with Crippen LogP contribution in [0.25, 0.3) is 0 Å². The Balaban J connectivity index is 1.66. The van der Waals surface area contributed by atoms with Crippen molar-refractivity contribution >= 4 is 31.6 Å². The highest BCUT2D eigenvalue weighted by molar-refractivity contribution is 7.89. The summed E-state index contributed by atoms with van der Waals surface area (Å²) in [5, 5.41) is 11.0. The lowest BCUT2D eigenvalue weighted by atomic mass is 10.2. The van der Waals surface area contributed by atoms with Crippen molar-refractivity contribution in [2.45, 2.75) is 42.5 Å². The van der Waals surface area contributed by atoms with Gasteiger partial charge < -0.3 is 4.90 Å². The summed E-state index contributed by atoms with van der Waals surface area (Å²) in [5.41, 5.74) is -0.285. The summed E-state index contributed by atoms with van der Waals surface area (Å²) >= 11 is 0. The maximum atomic E-state index is 12.9. The molecule has 1 N–H and O–H groups in total. The van der Waals surface area contributed by atoms with Gasteiger partial charge in [0.2, 0.25) is 20.0 Å². The largest absolute Gasteiger partial charge is 0.354 e. The number of non-ortho nitro benzene ring substituents is 1. The van der Waals surface area contributed by atoms with Crippen LogP contribution in [0.4, 0.5) is 11.5 Å². The Morgan fingerprint density at radius 2 is 1.79 bits per heavy atom. The van der Waals surface area contributed by atoms with E-state index < -0.39 is 25.0 Å². The fourth-order valence-corrected chi connectivity index (χ4v) is 6.29. The number of rotatable bonds is 9. The van der Waals surface area contributed by atoms with Crippen molar-refractivity contribution in [3.05, 3.63) is 52.7 Å². The van der Waals surface area contributed by atoms with Gasteiger partial charge in [0.25, 0.3) is 5.69 Å². The summed E-state index contributed by atoms with van der Waals surface area (Å²) in [7, 11) is -7.54. The van der Waals surface area contributed by atoms with Crippen LogP contribution in [0, 0.1) is 10.1 Å². The Morgan fingerprint density at radius 1 is 1.09 bits per heavy atom. The van der Waals surface area contributed by atoms with Crippen LogP contribution in [0.1, 0.15) is 26.7 Å². The van der Waals surface area contributed by atoms with Crippen LogP contribution in [0.3, 0.4) is 0 Å². The molecule has 0 spiro atoms. The van der Waals surface area contributed by atoms with Crippen molar-refractivity contribution in [1.29, 1.82) is 0 Å². The molecule has 0 radical (unpaired) electrons. The monoisotopic (exact) mass is 497 g/mol. The number of pyridine rings is 1. The second-order valence-electron chi connectivity index (χ2n) is 7.81. The maximum Gasteiger partial charge on any atom is 0.270 e. The number of piperazine rings is 1. The van der Waals surface area contributed by atoms with Gasteiger partial charge in [-0.15, -0.1) is 0 Å². The number of nitro groups is 1. The normalized spacial score (nSPS) is 16.5. The Hall–Kier alpha value is -2.61. The topological polar surface area (TPSA) is 143 Å². The van der Waals surface area contributed by atoms with Gasteiger partial charge in [-0.2, -0.15) is 4.31 Å². The fourth-order valence-electron chi connectivity index (χ4n) is 3.61. The van der Waals surface area contributed by atoms with Crippen LogP contribution in [0.15, 0.2) is 52.4 Å². The molecular weight excluding hydrogens is 470 g/mol. The number of hydrogen-bond acceptors (Lipinski definition) is 8. The van der Waals surface area contributed by atoms with Crippen molar-refractivity contribution in [2.24, 2.45) is 0 Å². The third-order valence-electron chi connectivity index (χ3n) is 5.34. The van der Waals surface area contributed by atoms with Gasteiger partial charge in [-0.3, -0.25) is 10.1 Å². The third kappa shape index (κ3) is 5.85. The Kier molecular flexibility index (Phi) is 7.67. The highest BCUT2D eigenvalue weighted by Gasteiger charge is 2.30. The zero-order chi connectivity index (χ0) is 24.2. The molecule has 1 aliphatic rings. The second-order valence-corrected chi connectivity index (χ2v) is 11.5. The number of nitro benzene ring substituents is 1. The van der Waals surface area contributed by atoms with Gasteiger partial charge in [0, 0.05) is 50.6 Å². The number of nitrogens with one attached hydrogen (secondary N) is 1. The molecule has 0 bridgehead atoms. The zero-order valence-electron chi connectivity index (χ0n) is 18.4. The van der Waals surface area contributed by atoms with E-state index in [1.807, 2.05) is 18.7 Å². The first-order chi connectivity index (χ1) is 15.5. The molecule has 3 rings (SSSR count). The Morgan fingerprint density at radius 3 is 2.36 bits per heavy atom. The summed E-state index contributed by atoms with van der Waals surface area (Å²) in [4.78, 5) is 16.4. The van der Waals surface area contributed by atoms with Crippen molar-refractivity contribution in [3.8, 4) is 0 Å². The molecular formula is C20H27N5O6S2. The SMILES string of the molecule is CCCC(C)NS(=O)(=O)c1ccc(N2CCN(S(=O)(=O)c3cccc([N+](=O)[O-])c3)CC2)nc1. The predicted octanol–water partition coefficient (Wildman–Crippen LogP) is 1.97. The van der Waals surface area contributed by atoms with Crippen LogP contribution < -0.4 is 9.62 Å². The van der Waals surface area contributed by atoms with Crippen LogP contribution in [0.2, 0.25) is 0 Å². The molecule has 2 heterocycles. The molecule has 13 heteroatoms. The summed E-state index contributed by atoms with van der Waals surface area (Å²) < 4.78 is 54.6. The lowest BCUT2D eigenvalue weighted by Crippen LogP contribution is -2.48. The minimum Gasteiger partial charge on any atom is -0.354 e. The van der Waals surface area contributed by atoms with E-state index in [0.29, 0.717) is 18.9 Å². The maximum absolute atomic E-state index is 12.9. The van der Waals surface area contributed by atoms with E-state index in [0.717, 1.165) is 18.9 Å². The first kappa shape index (κ1) is 25.0. The number of aromatic nitrogens is 1. The summed E-state index contributed by atoms with van der Waals surface area (Å²) in [6, 6.07) is 7.88. The van der Waals surface area contributed by atoms with Crippen molar-refractivity contribution in [2.75, 3.05) is 31.1 Å². The number of hydrogen-bond donors (Lipinski definition) is 1. The minimum absolute atomic E-state index is 0.0705. The average molecular weight is 498 g/mol. The Labute approximate surface area is 193 Å². The van der Waals surface area contributed by atoms with Crippen molar-refractivity contribution in [3.63, 3.8) is 0 Å². The highest BCUT2D eigenvalue weighted by atomic mass is 32.2. The molecule has 11 nitrogen and oxygen atoms in total. The van der Waals surface area contributed by atoms with Gasteiger partial charge in [-0.05, 0) is 31.5 Å². The molecule has 180 valence electrons. The number of sulfonamides is 2. The van der Waals surface area contributed by atoms with Gasteiger partial charge in [0.1, 0.15) is 10.7 Å². The number of benzene rings is 1. The van der Waals surface area contributed by atoms with Crippen molar-refractivity contribution < 1.29 is 21.8 Å². The lowest BCUT2D eigenvalue weighted by Gasteiger charge is -2.34. The van der Waals surface area contributed by atoms with E-state index in [1.54, 1.807) is 6.07 Å². The summed E-state index contributed by atoms with van der Waals surface area (Å²) in [5.74, 6) is 0.544. The predicted molar refractivity (Wildman–Crippen MR) is 123 cm³/mol. The van der Waals surface area contributed by atoms with Gasteiger partial charge in [0.05, 0.1) is 9.82 Å². The molecule has 0 aliphatic carbocycles. The first-order valence-electron chi connectivity index (χ1n) is 10.5. The van der Waals surface area contributed by atoms with Gasteiger partial charge in [-0.1, -0.05) is 19.4 Å². The quantitative estimate of drug-likeness (QED) is 0.409. The van der Waals surface area contributed by atoms with E-state index in [1.165, 1.54) is 34.8 Å².